The Morgan fingerprint density at radius 1 is 1.26 bits per heavy atom. The van der Waals surface area contributed by atoms with Crippen LogP contribution in [0.4, 0.5) is 4.79 Å². The van der Waals surface area contributed by atoms with Crippen LogP contribution in [0.2, 0.25) is 0 Å². The lowest BCUT2D eigenvalue weighted by molar-refractivity contribution is -0.147. The number of hydrogen-bond donors (Lipinski definition) is 1. The van der Waals surface area contributed by atoms with E-state index in [0.717, 1.165) is 5.56 Å². The summed E-state index contributed by atoms with van der Waals surface area (Å²) in [6.45, 7) is 1.57. The van der Waals surface area contributed by atoms with Crippen LogP contribution >= 0.6 is 0 Å². The number of hydrogen-bond acceptors (Lipinski definition) is 4. The van der Waals surface area contributed by atoms with Crippen LogP contribution in [0.15, 0.2) is 30.3 Å². The van der Waals surface area contributed by atoms with Gasteiger partial charge in [-0.1, -0.05) is 30.3 Å². The Kier molecular flexibility index (Phi) is 4.52. The van der Waals surface area contributed by atoms with Gasteiger partial charge in [0.1, 0.15) is 6.61 Å². The first-order chi connectivity index (χ1) is 11.1. The predicted molar refractivity (Wildman–Crippen MR) is 81.9 cm³/mol. The second-order valence-corrected chi connectivity index (χ2v) is 6.09. The molecule has 2 saturated heterocycles. The Balaban J connectivity index is 1.72. The van der Waals surface area contributed by atoms with Crippen molar-refractivity contribution in [2.24, 2.45) is 5.92 Å². The molecule has 0 aromatic heterocycles. The molecule has 2 aliphatic rings. The summed E-state index contributed by atoms with van der Waals surface area (Å²) in [6, 6.07) is 9.46. The minimum atomic E-state index is -0.842. The van der Waals surface area contributed by atoms with Gasteiger partial charge in [-0.15, -0.1) is 0 Å². The van der Waals surface area contributed by atoms with Gasteiger partial charge < -0.3 is 19.5 Å². The Morgan fingerprint density at radius 3 is 2.61 bits per heavy atom. The van der Waals surface area contributed by atoms with Crippen LogP contribution in [0.1, 0.15) is 24.8 Å². The van der Waals surface area contributed by atoms with Crippen molar-refractivity contribution in [1.29, 1.82) is 0 Å². The summed E-state index contributed by atoms with van der Waals surface area (Å²) in [5.41, 5.74) is 0.244. The highest BCUT2D eigenvalue weighted by Gasteiger charge is 2.55. The van der Waals surface area contributed by atoms with Gasteiger partial charge in [0.2, 0.25) is 0 Å². The third-order valence-electron chi connectivity index (χ3n) is 4.91. The van der Waals surface area contributed by atoms with E-state index in [-0.39, 0.29) is 6.61 Å². The number of carboxylic acids is 1. The number of amides is 1. The molecule has 0 saturated carbocycles. The maximum Gasteiger partial charge on any atom is 0.410 e. The van der Waals surface area contributed by atoms with Gasteiger partial charge in [0, 0.05) is 19.8 Å². The fourth-order valence-corrected chi connectivity index (χ4v) is 3.70. The summed E-state index contributed by atoms with van der Waals surface area (Å²) in [5.74, 6) is -1.39. The van der Waals surface area contributed by atoms with Crippen molar-refractivity contribution < 1.29 is 24.2 Å². The van der Waals surface area contributed by atoms with Crippen molar-refractivity contribution in [3.8, 4) is 0 Å². The maximum absolute atomic E-state index is 12.5. The minimum absolute atomic E-state index is 0.195. The number of rotatable bonds is 3. The first-order valence-corrected chi connectivity index (χ1v) is 7.92. The highest BCUT2D eigenvalue weighted by atomic mass is 16.6. The number of benzene rings is 1. The summed E-state index contributed by atoms with van der Waals surface area (Å²) in [4.78, 5) is 25.8. The summed E-state index contributed by atoms with van der Waals surface area (Å²) < 4.78 is 10.8. The molecule has 6 heteroatoms. The fourth-order valence-electron chi connectivity index (χ4n) is 3.70. The molecule has 3 rings (SSSR count). The number of nitrogens with zero attached hydrogens (tertiary/aromatic N) is 1. The van der Waals surface area contributed by atoms with Crippen LogP contribution < -0.4 is 0 Å². The third-order valence-corrected chi connectivity index (χ3v) is 4.91. The second kappa shape index (κ2) is 6.58. The molecule has 2 aliphatic heterocycles. The summed E-state index contributed by atoms with van der Waals surface area (Å²) >= 11 is 0. The quantitative estimate of drug-likeness (QED) is 0.925. The summed E-state index contributed by atoms with van der Waals surface area (Å²) in [5, 5.41) is 9.52. The minimum Gasteiger partial charge on any atom is -0.481 e. The standard InChI is InChI=1S/C17H21NO5/c19-15(20)14-6-9-18(17(14)7-10-22-11-8-17)16(21)23-12-13-4-2-1-3-5-13/h1-5,14H,6-12H2,(H,19,20). The van der Waals surface area contributed by atoms with E-state index < -0.39 is 23.5 Å². The fraction of sp³-hybridized carbons (Fsp3) is 0.529. The lowest BCUT2D eigenvalue weighted by Gasteiger charge is -2.43. The number of carbonyl (C=O) groups excluding carboxylic acids is 1. The van der Waals surface area contributed by atoms with Gasteiger partial charge in [-0.2, -0.15) is 0 Å². The van der Waals surface area contributed by atoms with Crippen molar-refractivity contribution in [2.45, 2.75) is 31.4 Å². The van der Waals surface area contributed by atoms with E-state index in [2.05, 4.69) is 0 Å². The lowest BCUT2D eigenvalue weighted by atomic mass is 9.78. The molecule has 2 heterocycles. The van der Waals surface area contributed by atoms with Crippen molar-refractivity contribution >= 4 is 12.1 Å². The zero-order valence-corrected chi connectivity index (χ0v) is 12.9. The second-order valence-electron chi connectivity index (χ2n) is 6.09. The monoisotopic (exact) mass is 319 g/mol. The van der Waals surface area contributed by atoms with Crippen LogP contribution in [0.25, 0.3) is 0 Å². The van der Waals surface area contributed by atoms with Crippen molar-refractivity contribution in [3.05, 3.63) is 35.9 Å². The first-order valence-electron chi connectivity index (χ1n) is 7.92. The number of aliphatic carboxylic acids is 1. The molecule has 6 nitrogen and oxygen atoms in total. The van der Waals surface area contributed by atoms with Crippen LogP contribution in [-0.2, 0) is 20.9 Å². The third kappa shape index (κ3) is 3.03. The molecule has 124 valence electrons. The van der Waals surface area contributed by atoms with Gasteiger partial charge in [-0.25, -0.2) is 4.79 Å². The molecule has 0 bridgehead atoms. The zero-order valence-electron chi connectivity index (χ0n) is 12.9. The van der Waals surface area contributed by atoms with Gasteiger partial charge in [0.05, 0.1) is 11.5 Å². The van der Waals surface area contributed by atoms with E-state index >= 15 is 0 Å². The average Bonchev–Trinajstić information content (AvgIpc) is 2.93. The van der Waals surface area contributed by atoms with Crippen molar-refractivity contribution in [2.75, 3.05) is 19.8 Å². The molecule has 1 N–H and O–H groups in total. The van der Waals surface area contributed by atoms with Gasteiger partial charge >= 0.3 is 12.1 Å². The van der Waals surface area contributed by atoms with Crippen LogP contribution in [0.3, 0.4) is 0 Å². The molecule has 1 amide bonds. The maximum atomic E-state index is 12.5. The molecule has 0 radical (unpaired) electrons. The number of likely N-dealkylation sites (tertiary alicyclic amines) is 1. The Hall–Kier alpha value is -2.08. The molecule has 1 aromatic carbocycles. The number of ether oxygens (including phenoxy) is 2. The average molecular weight is 319 g/mol. The van der Waals surface area contributed by atoms with E-state index in [1.54, 1.807) is 4.90 Å². The van der Waals surface area contributed by atoms with Gasteiger partial charge in [-0.3, -0.25) is 4.79 Å². The number of carboxylic acid groups (broad SMARTS) is 1. The Morgan fingerprint density at radius 2 is 1.96 bits per heavy atom. The highest BCUT2D eigenvalue weighted by molar-refractivity contribution is 5.76. The largest absolute Gasteiger partial charge is 0.481 e. The molecule has 1 atom stereocenters. The molecule has 2 fully saturated rings. The number of carbonyl (C=O) groups is 2. The van der Waals surface area contributed by atoms with Gasteiger partial charge in [0.25, 0.3) is 0 Å². The van der Waals surface area contributed by atoms with Gasteiger partial charge in [-0.05, 0) is 24.8 Å². The summed E-state index contributed by atoms with van der Waals surface area (Å²) in [6.07, 6.45) is 1.13. The topological polar surface area (TPSA) is 76.1 Å². The smallest absolute Gasteiger partial charge is 0.410 e. The lowest BCUT2D eigenvalue weighted by Crippen LogP contribution is -2.55. The summed E-state index contributed by atoms with van der Waals surface area (Å²) in [7, 11) is 0. The van der Waals surface area contributed by atoms with Crippen LogP contribution in [0, 0.1) is 5.92 Å². The molecular weight excluding hydrogens is 298 g/mol. The highest BCUT2D eigenvalue weighted by Crippen LogP contribution is 2.43. The predicted octanol–water partition coefficient (Wildman–Crippen LogP) is 2.28. The molecular formula is C17H21NO5. The zero-order chi connectivity index (χ0) is 16.3. The molecule has 23 heavy (non-hydrogen) atoms. The van der Waals surface area contributed by atoms with E-state index in [0.29, 0.717) is 39.0 Å². The van der Waals surface area contributed by atoms with Crippen molar-refractivity contribution in [3.63, 3.8) is 0 Å². The van der Waals surface area contributed by atoms with Gasteiger partial charge in [0.15, 0.2) is 0 Å². The normalized spacial score (nSPS) is 23.0. The molecule has 1 aromatic rings. The first kappa shape index (κ1) is 15.8. The van der Waals surface area contributed by atoms with E-state index in [4.69, 9.17) is 9.47 Å². The Bertz CT molecular complexity index is 568. The molecule has 1 unspecified atom stereocenters. The molecule has 0 aliphatic carbocycles. The Labute approximate surface area is 135 Å². The van der Waals surface area contributed by atoms with Crippen LogP contribution in [-0.4, -0.2) is 47.4 Å². The van der Waals surface area contributed by atoms with E-state index in [9.17, 15) is 14.7 Å². The van der Waals surface area contributed by atoms with E-state index in [1.165, 1.54) is 0 Å². The molecule has 1 spiro atoms. The van der Waals surface area contributed by atoms with Crippen molar-refractivity contribution in [1.82, 2.24) is 4.90 Å². The van der Waals surface area contributed by atoms with E-state index in [1.807, 2.05) is 30.3 Å². The van der Waals surface area contributed by atoms with Crippen LogP contribution in [0.5, 0.6) is 0 Å². The SMILES string of the molecule is O=C(O)C1CCN(C(=O)OCc2ccccc2)C12CCOCC2.